The Bertz CT molecular complexity index is 1390. The number of aryl methyl sites for hydroxylation is 1. The van der Waals surface area contributed by atoms with Gasteiger partial charge in [-0.1, -0.05) is 30.3 Å². The summed E-state index contributed by atoms with van der Waals surface area (Å²) in [5, 5.41) is 3.43. The van der Waals surface area contributed by atoms with Gasteiger partial charge >= 0.3 is 6.01 Å². The molecule has 3 N–H and O–H groups in total. The standard InChI is InChI=1S/C24H24FN7O2/c1-31-10-6-9-17-20(31)22(27-13-14-7-4-3-5-8-14)30-23(28-17)32-18-12-15(25)11-16(21(26)33)19(18)29-24(32)34-2/h3-5,7-8,11-12H,6,9-10,13H2,1-2H3,(H2,26,33)(H,27,28,30). The number of anilines is 2. The Morgan fingerprint density at radius 3 is 2.74 bits per heavy atom. The van der Waals surface area contributed by atoms with Gasteiger partial charge in [-0.15, -0.1) is 0 Å². The van der Waals surface area contributed by atoms with E-state index in [1.54, 1.807) is 0 Å². The number of carbonyl (C=O) groups excluding carboxylic acids is 1. The van der Waals surface area contributed by atoms with Crippen LogP contribution in [-0.4, -0.2) is 46.1 Å². The highest BCUT2D eigenvalue weighted by atomic mass is 19.1. The molecule has 0 saturated heterocycles. The number of nitrogens with two attached hydrogens (primary N) is 1. The van der Waals surface area contributed by atoms with E-state index in [2.05, 4.69) is 15.2 Å². The van der Waals surface area contributed by atoms with Gasteiger partial charge in [-0.2, -0.15) is 9.97 Å². The van der Waals surface area contributed by atoms with Crippen LogP contribution >= 0.6 is 0 Å². The summed E-state index contributed by atoms with van der Waals surface area (Å²) in [6.07, 6.45) is 1.71. The zero-order valence-corrected chi connectivity index (χ0v) is 18.9. The fourth-order valence-corrected chi connectivity index (χ4v) is 4.30. The number of fused-ring (bicyclic) bond motifs is 2. The minimum Gasteiger partial charge on any atom is -0.468 e. The highest BCUT2D eigenvalue weighted by Crippen LogP contribution is 2.35. The van der Waals surface area contributed by atoms with Gasteiger partial charge < -0.3 is 20.7 Å². The minimum atomic E-state index is -0.782. The number of halogens is 1. The average Bonchev–Trinajstić information content (AvgIpc) is 3.20. The van der Waals surface area contributed by atoms with Gasteiger partial charge in [-0.3, -0.25) is 4.79 Å². The number of rotatable bonds is 6. The molecule has 2 aromatic carbocycles. The second-order valence-electron chi connectivity index (χ2n) is 8.15. The van der Waals surface area contributed by atoms with Crippen molar-refractivity contribution in [2.45, 2.75) is 19.4 Å². The second kappa shape index (κ2) is 8.62. The summed E-state index contributed by atoms with van der Waals surface area (Å²) in [7, 11) is 3.45. The van der Waals surface area contributed by atoms with E-state index in [0.29, 0.717) is 17.9 Å². The lowest BCUT2D eigenvalue weighted by molar-refractivity contribution is 0.100. The largest absolute Gasteiger partial charge is 0.468 e. The summed E-state index contributed by atoms with van der Waals surface area (Å²) in [6, 6.07) is 12.5. The number of ether oxygens (including phenoxy) is 1. The molecule has 174 valence electrons. The zero-order chi connectivity index (χ0) is 23.8. The van der Waals surface area contributed by atoms with Crippen LogP contribution < -0.4 is 20.7 Å². The van der Waals surface area contributed by atoms with E-state index in [9.17, 15) is 9.18 Å². The summed E-state index contributed by atoms with van der Waals surface area (Å²) in [4.78, 5) is 28.0. The molecule has 0 unspecified atom stereocenters. The molecule has 3 heterocycles. The first-order valence-corrected chi connectivity index (χ1v) is 10.9. The van der Waals surface area contributed by atoms with Crippen molar-refractivity contribution < 1.29 is 13.9 Å². The number of carbonyl (C=O) groups is 1. The van der Waals surface area contributed by atoms with E-state index in [0.717, 1.165) is 42.4 Å². The molecule has 0 atom stereocenters. The van der Waals surface area contributed by atoms with Crippen molar-refractivity contribution in [1.29, 1.82) is 0 Å². The van der Waals surface area contributed by atoms with Crippen molar-refractivity contribution in [3.05, 3.63) is 65.1 Å². The van der Waals surface area contributed by atoms with Gasteiger partial charge in [0, 0.05) is 26.2 Å². The van der Waals surface area contributed by atoms with Crippen LogP contribution in [0.4, 0.5) is 15.9 Å². The summed E-state index contributed by atoms with van der Waals surface area (Å²) >= 11 is 0. The maximum atomic E-state index is 14.4. The molecule has 2 aromatic heterocycles. The highest BCUT2D eigenvalue weighted by Gasteiger charge is 2.26. The van der Waals surface area contributed by atoms with Crippen molar-refractivity contribution in [2.24, 2.45) is 5.73 Å². The Hall–Kier alpha value is -4.21. The van der Waals surface area contributed by atoms with Crippen LogP contribution in [0.2, 0.25) is 0 Å². The molecule has 1 aliphatic rings. The maximum absolute atomic E-state index is 14.4. The molecule has 5 rings (SSSR count). The molecule has 1 aliphatic heterocycles. The third kappa shape index (κ3) is 3.76. The minimum absolute atomic E-state index is 0.0350. The van der Waals surface area contributed by atoms with Crippen LogP contribution in [0.15, 0.2) is 42.5 Å². The van der Waals surface area contributed by atoms with Crippen molar-refractivity contribution in [1.82, 2.24) is 19.5 Å². The first-order valence-electron chi connectivity index (χ1n) is 10.9. The number of aromatic nitrogens is 4. The summed E-state index contributed by atoms with van der Waals surface area (Å²) in [5.41, 5.74) is 8.86. The monoisotopic (exact) mass is 461 g/mol. The Morgan fingerprint density at radius 2 is 2.00 bits per heavy atom. The zero-order valence-electron chi connectivity index (χ0n) is 18.9. The lowest BCUT2D eigenvalue weighted by atomic mass is 10.1. The molecule has 34 heavy (non-hydrogen) atoms. The predicted octanol–water partition coefficient (Wildman–Crippen LogP) is 3.06. The molecule has 0 spiro atoms. The molecule has 0 bridgehead atoms. The molecule has 0 fully saturated rings. The molecule has 1 amide bonds. The topological polar surface area (TPSA) is 111 Å². The molecule has 0 saturated carbocycles. The van der Waals surface area contributed by atoms with Gasteiger partial charge in [0.25, 0.3) is 5.91 Å². The summed E-state index contributed by atoms with van der Waals surface area (Å²) < 4.78 is 21.4. The fourth-order valence-electron chi connectivity index (χ4n) is 4.30. The lowest BCUT2D eigenvalue weighted by Gasteiger charge is -2.29. The van der Waals surface area contributed by atoms with Crippen LogP contribution in [0.3, 0.4) is 0 Å². The van der Waals surface area contributed by atoms with Crippen LogP contribution in [0.25, 0.3) is 17.0 Å². The molecule has 0 aliphatic carbocycles. The number of amides is 1. The van der Waals surface area contributed by atoms with Gasteiger partial charge in [-0.25, -0.2) is 13.9 Å². The number of methoxy groups -OCH3 is 1. The van der Waals surface area contributed by atoms with E-state index < -0.39 is 11.7 Å². The van der Waals surface area contributed by atoms with Gasteiger partial charge in [0.15, 0.2) is 5.82 Å². The Morgan fingerprint density at radius 1 is 1.21 bits per heavy atom. The van der Waals surface area contributed by atoms with E-state index in [-0.39, 0.29) is 23.0 Å². The van der Waals surface area contributed by atoms with Crippen molar-refractivity contribution in [3.63, 3.8) is 0 Å². The highest BCUT2D eigenvalue weighted by molar-refractivity contribution is 6.04. The molecule has 0 radical (unpaired) electrons. The van der Waals surface area contributed by atoms with Crippen molar-refractivity contribution in [3.8, 4) is 12.0 Å². The molecular formula is C24H24FN7O2. The number of nitrogens with one attached hydrogen (secondary N) is 1. The molecule has 9 nitrogen and oxygen atoms in total. The quantitative estimate of drug-likeness (QED) is 0.454. The molecule has 4 aromatic rings. The van der Waals surface area contributed by atoms with Crippen LogP contribution in [-0.2, 0) is 13.0 Å². The second-order valence-corrected chi connectivity index (χ2v) is 8.15. The third-order valence-electron chi connectivity index (χ3n) is 5.88. The first-order chi connectivity index (χ1) is 16.5. The fraction of sp³-hybridized carbons (Fsp3) is 0.250. The van der Waals surface area contributed by atoms with Crippen molar-refractivity contribution >= 4 is 28.4 Å². The maximum Gasteiger partial charge on any atom is 0.304 e. The van der Waals surface area contributed by atoms with Crippen LogP contribution in [0.1, 0.15) is 28.0 Å². The van der Waals surface area contributed by atoms with E-state index in [4.69, 9.17) is 20.4 Å². The normalized spacial score (nSPS) is 13.1. The Balaban J connectivity index is 1.69. The van der Waals surface area contributed by atoms with Gasteiger partial charge in [0.05, 0.1) is 23.9 Å². The van der Waals surface area contributed by atoms with Crippen molar-refractivity contribution in [2.75, 3.05) is 30.9 Å². The van der Waals surface area contributed by atoms with Crippen LogP contribution in [0, 0.1) is 5.82 Å². The summed E-state index contributed by atoms with van der Waals surface area (Å²) in [6.45, 7) is 1.46. The molecular weight excluding hydrogens is 437 g/mol. The van der Waals surface area contributed by atoms with Crippen LogP contribution in [0.5, 0.6) is 6.01 Å². The number of hydrogen-bond acceptors (Lipinski definition) is 7. The molecule has 10 heteroatoms. The predicted molar refractivity (Wildman–Crippen MR) is 127 cm³/mol. The SMILES string of the molecule is COc1nc2c(C(N)=O)cc(F)cc2n1-c1nc2c(c(NCc3ccccc3)n1)N(C)CCC2. The van der Waals surface area contributed by atoms with E-state index in [1.165, 1.54) is 17.7 Å². The smallest absolute Gasteiger partial charge is 0.304 e. The Labute approximate surface area is 195 Å². The number of nitrogens with zero attached hydrogens (tertiary/aromatic N) is 5. The van der Waals surface area contributed by atoms with Gasteiger partial charge in [0.1, 0.15) is 17.0 Å². The number of benzene rings is 2. The Kier molecular flexibility index (Phi) is 5.48. The number of hydrogen-bond donors (Lipinski definition) is 2. The van der Waals surface area contributed by atoms with Gasteiger partial charge in [-0.05, 0) is 24.5 Å². The van der Waals surface area contributed by atoms with Gasteiger partial charge in [0.2, 0.25) is 5.95 Å². The average molecular weight is 462 g/mol. The number of imidazole rings is 1. The first kappa shape index (κ1) is 21.6. The van der Waals surface area contributed by atoms with E-state index >= 15 is 0 Å². The summed E-state index contributed by atoms with van der Waals surface area (Å²) in [5.74, 6) is -0.480. The third-order valence-corrected chi connectivity index (χ3v) is 5.88. The van der Waals surface area contributed by atoms with E-state index in [1.807, 2.05) is 37.4 Å². The number of primary amides is 1. The lowest BCUT2D eigenvalue weighted by Crippen LogP contribution is -2.28.